The van der Waals surface area contributed by atoms with Crippen LogP contribution in [0.15, 0.2) is 36.5 Å². The highest BCUT2D eigenvalue weighted by atomic mass is 15.3. The second-order valence-corrected chi connectivity index (χ2v) is 4.04. The van der Waals surface area contributed by atoms with Crippen molar-refractivity contribution in [2.75, 3.05) is 35.6 Å². The predicted octanol–water partition coefficient (Wildman–Crippen LogP) is 1.39. The first-order valence-corrected chi connectivity index (χ1v) is 6.28. The Hall–Kier alpha value is -2.37. The Morgan fingerprint density at radius 3 is 2.74 bits per heavy atom. The van der Waals surface area contributed by atoms with Gasteiger partial charge in [0.1, 0.15) is 11.6 Å². The number of hydrogen-bond acceptors (Lipinski definition) is 6. The van der Waals surface area contributed by atoms with Gasteiger partial charge in [0, 0.05) is 25.8 Å². The summed E-state index contributed by atoms with van der Waals surface area (Å²) in [7, 11) is 0. The molecule has 2 heterocycles. The highest BCUT2D eigenvalue weighted by Crippen LogP contribution is 2.09. The Morgan fingerprint density at radius 2 is 2.11 bits per heavy atom. The molecule has 0 aliphatic rings. The number of pyridine rings is 1. The van der Waals surface area contributed by atoms with Crippen LogP contribution in [0.5, 0.6) is 0 Å². The van der Waals surface area contributed by atoms with Crippen LogP contribution in [0.3, 0.4) is 0 Å². The van der Waals surface area contributed by atoms with Crippen molar-refractivity contribution < 1.29 is 0 Å². The molecule has 0 fully saturated rings. The van der Waals surface area contributed by atoms with Crippen LogP contribution in [-0.2, 0) is 0 Å². The molecule has 19 heavy (non-hydrogen) atoms. The van der Waals surface area contributed by atoms with Crippen molar-refractivity contribution in [3.05, 3.63) is 36.5 Å². The topological polar surface area (TPSA) is 80.0 Å². The van der Waals surface area contributed by atoms with Gasteiger partial charge in [0.05, 0.1) is 0 Å². The van der Waals surface area contributed by atoms with Crippen molar-refractivity contribution in [3.63, 3.8) is 0 Å². The molecule has 0 spiro atoms. The van der Waals surface area contributed by atoms with Crippen molar-refractivity contribution in [2.24, 2.45) is 0 Å². The van der Waals surface area contributed by atoms with Crippen LogP contribution < -0.4 is 16.0 Å². The molecule has 0 saturated heterocycles. The minimum atomic E-state index is 0.436. The van der Waals surface area contributed by atoms with E-state index in [4.69, 9.17) is 5.73 Å². The number of nitrogen functional groups attached to an aromatic ring is 1. The van der Waals surface area contributed by atoms with Gasteiger partial charge in [-0.3, -0.25) is 0 Å². The number of nitrogens with one attached hydrogen (secondary N) is 1. The molecule has 100 valence electrons. The zero-order valence-corrected chi connectivity index (χ0v) is 11.0. The van der Waals surface area contributed by atoms with E-state index >= 15 is 0 Å². The van der Waals surface area contributed by atoms with Crippen LogP contribution in [0.25, 0.3) is 0 Å². The average Bonchev–Trinajstić information content (AvgIpc) is 2.46. The smallest absolute Gasteiger partial charge is 0.151 e. The highest BCUT2D eigenvalue weighted by molar-refractivity contribution is 5.41. The Balaban J connectivity index is 1.87. The number of anilines is 3. The van der Waals surface area contributed by atoms with E-state index in [1.54, 1.807) is 12.3 Å². The van der Waals surface area contributed by atoms with Crippen molar-refractivity contribution in [3.8, 4) is 0 Å². The van der Waals surface area contributed by atoms with Gasteiger partial charge in [-0.25, -0.2) is 4.98 Å². The quantitative estimate of drug-likeness (QED) is 0.815. The number of rotatable bonds is 6. The number of hydrogen-bond donors (Lipinski definition) is 2. The van der Waals surface area contributed by atoms with Gasteiger partial charge in [-0.1, -0.05) is 6.07 Å². The first kappa shape index (κ1) is 13.1. The molecular formula is C13H18N6. The summed E-state index contributed by atoms with van der Waals surface area (Å²) in [4.78, 5) is 6.34. The maximum Gasteiger partial charge on any atom is 0.151 e. The first-order valence-electron chi connectivity index (χ1n) is 6.28. The Morgan fingerprint density at radius 1 is 1.21 bits per heavy atom. The lowest BCUT2D eigenvalue weighted by Gasteiger charge is -2.21. The van der Waals surface area contributed by atoms with Crippen molar-refractivity contribution >= 4 is 17.5 Å². The van der Waals surface area contributed by atoms with Gasteiger partial charge in [0.25, 0.3) is 0 Å². The molecule has 0 aliphatic heterocycles. The van der Waals surface area contributed by atoms with Gasteiger partial charge < -0.3 is 16.0 Å². The molecule has 3 N–H and O–H groups in total. The molecule has 0 bridgehead atoms. The molecule has 6 heteroatoms. The maximum absolute atomic E-state index is 5.53. The van der Waals surface area contributed by atoms with Gasteiger partial charge >= 0.3 is 0 Å². The fourth-order valence-corrected chi connectivity index (χ4v) is 1.73. The largest absolute Gasteiger partial charge is 0.382 e. The molecule has 2 aromatic heterocycles. The van der Waals surface area contributed by atoms with Crippen LogP contribution in [0, 0.1) is 0 Å². The number of nitrogens with two attached hydrogens (primary N) is 1. The van der Waals surface area contributed by atoms with Gasteiger partial charge in [-0.05, 0) is 31.2 Å². The molecule has 0 aliphatic carbocycles. The molecule has 6 nitrogen and oxygen atoms in total. The Labute approximate surface area is 112 Å². The fourth-order valence-electron chi connectivity index (χ4n) is 1.73. The van der Waals surface area contributed by atoms with E-state index in [-0.39, 0.29) is 0 Å². The summed E-state index contributed by atoms with van der Waals surface area (Å²) in [5, 5.41) is 11.2. The first-order chi connectivity index (χ1) is 9.29. The molecule has 0 radical (unpaired) electrons. The molecule has 2 aromatic rings. The summed E-state index contributed by atoms with van der Waals surface area (Å²) >= 11 is 0. The Bertz CT molecular complexity index is 484. The van der Waals surface area contributed by atoms with Gasteiger partial charge in [-0.2, -0.15) is 0 Å². The molecular weight excluding hydrogens is 240 g/mol. The molecule has 0 atom stereocenters. The standard InChI is InChI=1S/C13H18N6/c1-2-19(13-7-6-11(14)17-18-13)10-9-16-12-5-3-4-8-15-12/h3-8H,2,9-10H2,1H3,(H2,14,17)(H,15,16). The van der Waals surface area contributed by atoms with Crippen LogP contribution >= 0.6 is 0 Å². The fraction of sp³-hybridized carbons (Fsp3) is 0.308. The summed E-state index contributed by atoms with van der Waals surface area (Å²) < 4.78 is 0. The third kappa shape index (κ3) is 3.80. The lowest BCUT2D eigenvalue weighted by molar-refractivity contribution is 0.801. The van der Waals surface area contributed by atoms with Gasteiger partial charge in [0.2, 0.25) is 0 Å². The molecule has 0 amide bonds. The number of likely N-dealkylation sites (N-methyl/N-ethyl adjacent to an activating group) is 1. The monoisotopic (exact) mass is 258 g/mol. The zero-order chi connectivity index (χ0) is 13.5. The number of aromatic nitrogens is 3. The summed E-state index contributed by atoms with van der Waals surface area (Å²) in [5.74, 6) is 2.15. The second kappa shape index (κ2) is 6.53. The number of nitrogens with zero attached hydrogens (tertiary/aromatic N) is 4. The maximum atomic E-state index is 5.53. The third-order valence-electron chi connectivity index (χ3n) is 2.73. The van der Waals surface area contributed by atoms with Crippen molar-refractivity contribution in [2.45, 2.75) is 6.92 Å². The summed E-state index contributed by atoms with van der Waals surface area (Å²) in [6.07, 6.45) is 1.77. The van der Waals surface area contributed by atoms with E-state index in [9.17, 15) is 0 Å². The van der Waals surface area contributed by atoms with E-state index in [0.717, 1.165) is 31.3 Å². The highest BCUT2D eigenvalue weighted by Gasteiger charge is 2.05. The van der Waals surface area contributed by atoms with Gasteiger partial charge in [-0.15, -0.1) is 10.2 Å². The third-order valence-corrected chi connectivity index (χ3v) is 2.73. The minimum absolute atomic E-state index is 0.436. The SMILES string of the molecule is CCN(CCNc1ccccn1)c1ccc(N)nn1. The summed E-state index contributed by atoms with van der Waals surface area (Å²) in [5.41, 5.74) is 5.53. The normalized spacial score (nSPS) is 10.2. The zero-order valence-electron chi connectivity index (χ0n) is 11.0. The van der Waals surface area contributed by atoms with E-state index < -0.39 is 0 Å². The second-order valence-electron chi connectivity index (χ2n) is 4.04. The molecule has 2 rings (SSSR count). The summed E-state index contributed by atoms with van der Waals surface area (Å²) in [6, 6.07) is 9.44. The predicted molar refractivity (Wildman–Crippen MR) is 77.1 cm³/mol. The van der Waals surface area contributed by atoms with Crippen LogP contribution in [0.1, 0.15) is 6.92 Å². The van der Waals surface area contributed by atoms with Crippen LogP contribution in [0.4, 0.5) is 17.5 Å². The van der Waals surface area contributed by atoms with E-state index in [1.807, 2.05) is 24.3 Å². The Kier molecular flexibility index (Phi) is 4.49. The molecule has 0 saturated carbocycles. The summed E-state index contributed by atoms with van der Waals surface area (Å²) in [6.45, 7) is 4.56. The molecule has 0 aromatic carbocycles. The van der Waals surface area contributed by atoms with E-state index in [0.29, 0.717) is 5.82 Å². The lowest BCUT2D eigenvalue weighted by atomic mass is 10.4. The van der Waals surface area contributed by atoms with Crippen molar-refractivity contribution in [1.29, 1.82) is 0 Å². The minimum Gasteiger partial charge on any atom is -0.382 e. The van der Waals surface area contributed by atoms with Gasteiger partial charge in [0.15, 0.2) is 5.82 Å². The lowest BCUT2D eigenvalue weighted by Crippen LogP contribution is -2.29. The van der Waals surface area contributed by atoms with Crippen molar-refractivity contribution in [1.82, 2.24) is 15.2 Å². The van der Waals surface area contributed by atoms with E-state index in [1.165, 1.54) is 0 Å². The molecule has 0 unspecified atom stereocenters. The van der Waals surface area contributed by atoms with Crippen LogP contribution in [0.2, 0.25) is 0 Å². The average molecular weight is 258 g/mol. The van der Waals surface area contributed by atoms with E-state index in [2.05, 4.69) is 32.3 Å². The van der Waals surface area contributed by atoms with Crippen LogP contribution in [-0.4, -0.2) is 34.8 Å².